The summed E-state index contributed by atoms with van der Waals surface area (Å²) in [5, 5.41) is 0. The van der Waals surface area contributed by atoms with Gasteiger partial charge in [0.2, 0.25) is 0 Å². The molecule has 1 unspecified atom stereocenters. The van der Waals surface area contributed by atoms with Crippen molar-refractivity contribution in [1.29, 1.82) is 0 Å². The van der Waals surface area contributed by atoms with Crippen molar-refractivity contribution >= 4 is 0 Å². The summed E-state index contributed by atoms with van der Waals surface area (Å²) in [6.07, 6.45) is 10.2. The van der Waals surface area contributed by atoms with Gasteiger partial charge in [-0.15, -0.1) is 0 Å². The van der Waals surface area contributed by atoms with Crippen LogP contribution < -0.4 is 0 Å². The molecule has 0 nitrogen and oxygen atoms in total. The SMILES string of the molecule is CC(C)C1CCCC2=C1C=CC2. The normalized spacial score (nSPS) is 28.4. The van der Waals surface area contributed by atoms with Gasteiger partial charge in [0.25, 0.3) is 0 Å². The molecule has 12 heavy (non-hydrogen) atoms. The fourth-order valence-electron chi connectivity index (χ4n) is 2.58. The van der Waals surface area contributed by atoms with Crippen molar-refractivity contribution in [1.82, 2.24) is 0 Å². The first kappa shape index (κ1) is 8.10. The molecule has 0 heteroatoms. The first-order chi connectivity index (χ1) is 5.79. The van der Waals surface area contributed by atoms with Gasteiger partial charge in [-0.25, -0.2) is 0 Å². The zero-order chi connectivity index (χ0) is 8.55. The van der Waals surface area contributed by atoms with E-state index in [4.69, 9.17) is 0 Å². The van der Waals surface area contributed by atoms with Crippen LogP contribution in [0.4, 0.5) is 0 Å². The fourth-order valence-corrected chi connectivity index (χ4v) is 2.58. The average Bonchev–Trinajstić information content (AvgIpc) is 2.49. The summed E-state index contributed by atoms with van der Waals surface area (Å²) in [7, 11) is 0. The predicted octanol–water partition coefficient (Wildman–Crippen LogP) is 3.70. The Labute approximate surface area is 75.4 Å². The van der Waals surface area contributed by atoms with Gasteiger partial charge >= 0.3 is 0 Å². The Kier molecular flexibility index (Phi) is 2.08. The minimum absolute atomic E-state index is 0.832. The van der Waals surface area contributed by atoms with Crippen LogP contribution in [0.15, 0.2) is 23.3 Å². The van der Waals surface area contributed by atoms with Crippen LogP contribution in [0.5, 0.6) is 0 Å². The van der Waals surface area contributed by atoms with Crippen molar-refractivity contribution in [2.24, 2.45) is 11.8 Å². The van der Waals surface area contributed by atoms with Crippen LogP contribution in [0.25, 0.3) is 0 Å². The zero-order valence-corrected chi connectivity index (χ0v) is 8.14. The molecule has 0 aromatic heterocycles. The van der Waals surface area contributed by atoms with Crippen LogP contribution in [-0.4, -0.2) is 0 Å². The van der Waals surface area contributed by atoms with Gasteiger partial charge in [-0.2, -0.15) is 0 Å². The summed E-state index contributed by atoms with van der Waals surface area (Å²) in [5.74, 6) is 1.70. The highest BCUT2D eigenvalue weighted by molar-refractivity contribution is 5.37. The van der Waals surface area contributed by atoms with Gasteiger partial charge in [-0.3, -0.25) is 0 Å². The highest BCUT2D eigenvalue weighted by Crippen LogP contribution is 2.39. The molecule has 0 aliphatic heterocycles. The van der Waals surface area contributed by atoms with E-state index in [-0.39, 0.29) is 0 Å². The van der Waals surface area contributed by atoms with Crippen LogP contribution >= 0.6 is 0 Å². The van der Waals surface area contributed by atoms with E-state index < -0.39 is 0 Å². The first-order valence-corrected chi connectivity index (χ1v) is 5.17. The quantitative estimate of drug-likeness (QED) is 0.551. The van der Waals surface area contributed by atoms with Gasteiger partial charge < -0.3 is 0 Å². The van der Waals surface area contributed by atoms with Crippen molar-refractivity contribution in [3.63, 3.8) is 0 Å². The van der Waals surface area contributed by atoms with Gasteiger partial charge in [0.1, 0.15) is 0 Å². The van der Waals surface area contributed by atoms with Gasteiger partial charge in [0, 0.05) is 0 Å². The summed E-state index contributed by atoms with van der Waals surface area (Å²) in [5.41, 5.74) is 3.43. The van der Waals surface area contributed by atoms with E-state index in [0.717, 1.165) is 11.8 Å². The molecule has 0 N–H and O–H groups in total. The lowest BCUT2D eigenvalue weighted by Crippen LogP contribution is -2.15. The lowest BCUT2D eigenvalue weighted by atomic mass is 9.78. The van der Waals surface area contributed by atoms with Gasteiger partial charge in [-0.1, -0.05) is 31.6 Å². The maximum absolute atomic E-state index is 2.37. The minimum Gasteiger partial charge on any atom is -0.0802 e. The van der Waals surface area contributed by atoms with Crippen molar-refractivity contribution in [2.45, 2.75) is 39.5 Å². The van der Waals surface area contributed by atoms with Gasteiger partial charge in [-0.05, 0) is 43.1 Å². The van der Waals surface area contributed by atoms with E-state index in [1.807, 2.05) is 0 Å². The smallest absolute Gasteiger partial charge is 0.0130 e. The topological polar surface area (TPSA) is 0 Å². The second-order valence-corrected chi connectivity index (χ2v) is 4.41. The zero-order valence-electron chi connectivity index (χ0n) is 8.14. The highest BCUT2D eigenvalue weighted by Gasteiger charge is 2.25. The van der Waals surface area contributed by atoms with Crippen molar-refractivity contribution in [3.05, 3.63) is 23.3 Å². The second kappa shape index (κ2) is 3.08. The van der Waals surface area contributed by atoms with Gasteiger partial charge in [0.05, 0.1) is 0 Å². The van der Waals surface area contributed by atoms with Crippen molar-refractivity contribution < 1.29 is 0 Å². The monoisotopic (exact) mass is 162 g/mol. The third-order valence-corrected chi connectivity index (χ3v) is 3.27. The number of hydrogen-bond acceptors (Lipinski definition) is 0. The molecular weight excluding hydrogens is 144 g/mol. The van der Waals surface area contributed by atoms with Crippen LogP contribution in [0.3, 0.4) is 0 Å². The van der Waals surface area contributed by atoms with E-state index in [9.17, 15) is 0 Å². The molecule has 0 saturated heterocycles. The third kappa shape index (κ3) is 1.24. The Balaban J connectivity index is 2.24. The van der Waals surface area contributed by atoms with Crippen LogP contribution in [0.1, 0.15) is 39.5 Å². The maximum Gasteiger partial charge on any atom is -0.0130 e. The van der Waals surface area contributed by atoms with E-state index in [1.165, 1.54) is 25.7 Å². The molecule has 0 heterocycles. The molecular formula is C12H18. The largest absolute Gasteiger partial charge is 0.0802 e. The van der Waals surface area contributed by atoms with Crippen LogP contribution in [-0.2, 0) is 0 Å². The van der Waals surface area contributed by atoms with Crippen molar-refractivity contribution in [2.75, 3.05) is 0 Å². The Bertz CT molecular complexity index is 230. The lowest BCUT2D eigenvalue weighted by molar-refractivity contribution is 0.391. The molecule has 0 saturated carbocycles. The summed E-state index contributed by atoms with van der Waals surface area (Å²) in [6, 6.07) is 0. The summed E-state index contributed by atoms with van der Waals surface area (Å²) < 4.78 is 0. The molecule has 0 aromatic rings. The first-order valence-electron chi connectivity index (χ1n) is 5.17. The molecule has 0 fully saturated rings. The molecule has 0 bridgehead atoms. The predicted molar refractivity (Wildman–Crippen MR) is 53.0 cm³/mol. The summed E-state index contributed by atoms with van der Waals surface area (Å²) in [6.45, 7) is 4.71. The van der Waals surface area contributed by atoms with E-state index in [0.29, 0.717) is 0 Å². The molecule has 2 rings (SSSR count). The third-order valence-electron chi connectivity index (χ3n) is 3.27. The minimum atomic E-state index is 0.832. The molecule has 0 radical (unpaired) electrons. The molecule has 0 spiro atoms. The van der Waals surface area contributed by atoms with E-state index in [1.54, 1.807) is 11.1 Å². The summed E-state index contributed by atoms with van der Waals surface area (Å²) >= 11 is 0. The van der Waals surface area contributed by atoms with Crippen LogP contribution in [0.2, 0.25) is 0 Å². The molecule has 1 atom stereocenters. The second-order valence-electron chi connectivity index (χ2n) is 4.41. The van der Waals surface area contributed by atoms with Gasteiger partial charge in [0.15, 0.2) is 0 Å². The summed E-state index contributed by atoms with van der Waals surface area (Å²) in [4.78, 5) is 0. The highest BCUT2D eigenvalue weighted by atomic mass is 14.3. The molecule has 2 aliphatic rings. The molecule has 66 valence electrons. The molecule has 2 aliphatic carbocycles. The van der Waals surface area contributed by atoms with E-state index >= 15 is 0 Å². The molecule has 0 aromatic carbocycles. The number of allylic oxidation sites excluding steroid dienone is 4. The fraction of sp³-hybridized carbons (Fsp3) is 0.667. The Morgan fingerprint density at radius 2 is 2.25 bits per heavy atom. The maximum atomic E-state index is 2.37. The molecule has 0 amide bonds. The Hall–Kier alpha value is -0.520. The Morgan fingerprint density at radius 1 is 1.42 bits per heavy atom. The van der Waals surface area contributed by atoms with Crippen LogP contribution in [0, 0.1) is 11.8 Å². The Morgan fingerprint density at radius 3 is 3.00 bits per heavy atom. The lowest BCUT2D eigenvalue weighted by Gasteiger charge is -2.27. The number of rotatable bonds is 1. The number of hydrogen-bond donors (Lipinski definition) is 0. The average molecular weight is 162 g/mol. The standard InChI is InChI=1S/C12H18/c1-9(2)11-7-3-5-10-6-4-8-12(10)11/h4,8-9,11H,3,5-7H2,1-2H3. The van der Waals surface area contributed by atoms with Crippen molar-refractivity contribution in [3.8, 4) is 0 Å². The van der Waals surface area contributed by atoms with E-state index in [2.05, 4.69) is 26.0 Å².